The molecule has 182 valence electrons. The molecular weight excluding hydrogens is 462 g/mol. The van der Waals surface area contributed by atoms with Crippen molar-refractivity contribution in [2.24, 2.45) is 5.92 Å². The Hall–Kier alpha value is -2.65. The zero-order valence-corrected chi connectivity index (χ0v) is 19.9. The van der Waals surface area contributed by atoms with Crippen molar-refractivity contribution in [1.29, 1.82) is 0 Å². The number of carbonyl (C=O) groups excluding carboxylic acids is 2. The minimum absolute atomic E-state index is 0.0510. The van der Waals surface area contributed by atoms with Gasteiger partial charge in [0.15, 0.2) is 5.78 Å². The van der Waals surface area contributed by atoms with E-state index < -0.39 is 33.4 Å². The highest BCUT2D eigenvalue weighted by Gasteiger charge is 2.32. The molecule has 2 aromatic carbocycles. The fourth-order valence-electron chi connectivity index (χ4n) is 4.77. The van der Waals surface area contributed by atoms with E-state index in [4.69, 9.17) is 0 Å². The molecule has 2 heterocycles. The van der Waals surface area contributed by atoms with Gasteiger partial charge in [0.05, 0.1) is 10.5 Å². The van der Waals surface area contributed by atoms with Crippen LogP contribution in [0.2, 0.25) is 0 Å². The van der Waals surface area contributed by atoms with Gasteiger partial charge in [0.1, 0.15) is 11.6 Å². The molecular formula is C25H28F2N2O4S. The van der Waals surface area contributed by atoms with Gasteiger partial charge in [-0.3, -0.25) is 9.59 Å². The number of hydrogen-bond acceptors (Lipinski definition) is 4. The van der Waals surface area contributed by atoms with Crippen molar-refractivity contribution in [3.63, 3.8) is 0 Å². The summed E-state index contributed by atoms with van der Waals surface area (Å²) in [6.45, 7) is 3.01. The molecule has 1 amide bonds. The molecule has 0 aliphatic carbocycles. The molecule has 1 atom stereocenters. The molecule has 34 heavy (non-hydrogen) atoms. The average molecular weight is 491 g/mol. The first-order valence-corrected chi connectivity index (χ1v) is 13.0. The van der Waals surface area contributed by atoms with Crippen LogP contribution in [-0.2, 0) is 10.0 Å². The number of ketones is 1. The largest absolute Gasteiger partial charge is 0.339 e. The minimum Gasteiger partial charge on any atom is -0.339 e. The summed E-state index contributed by atoms with van der Waals surface area (Å²) in [5, 5.41) is 0. The van der Waals surface area contributed by atoms with Gasteiger partial charge >= 0.3 is 0 Å². The van der Waals surface area contributed by atoms with E-state index >= 15 is 0 Å². The number of sulfonamides is 1. The number of carbonyl (C=O) groups is 2. The standard InChI is InChI=1S/C25H28F2N2O4S/c1-17-4-2-3-13-29(17)34(32,33)21-8-5-19(6-9-21)25(31)28-14-11-18(12-15-28)24(30)22-16-20(26)7-10-23(22)27/h5-10,16-18H,2-4,11-15H2,1H3. The summed E-state index contributed by atoms with van der Waals surface area (Å²) >= 11 is 0. The Morgan fingerprint density at radius 1 is 0.912 bits per heavy atom. The van der Waals surface area contributed by atoms with Crippen LogP contribution in [0, 0.1) is 17.6 Å². The van der Waals surface area contributed by atoms with Gasteiger partial charge in [-0.2, -0.15) is 4.31 Å². The summed E-state index contributed by atoms with van der Waals surface area (Å²) in [5.41, 5.74) is 0.108. The van der Waals surface area contributed by atoms with Crippen LogP contribution >= 0.6 is 0 Å². The second-order valence-corrected chi connectivity index (χ2v) is 10.9. The molecule has 2 fully saturated rings. The highest BCUT2D eigenvalue weighted by molar-refractivity contribution is 7.89. The third-order valence-corrected chi connectivity index (χ3v) is 8.82. The number of amides is 1. The summed E-state index contributed by atoms with van der Waals surface area (Å²) in [4.78, 5) is 27.3. The van der Waals surface area contributed by atoms with E-state index in [0.29, 0.717) is 38.0 Å². The lowest BCUT2D eigenvalue weighted by atomic mass is 9.88. The van der Waals surface area contributed by atoms with Gasteiger partial charge < -0.3 is 4.90 Å². The Labute approximate surface area is 198 Å². The monoisotopic (exact) mass is 490 g/mol. The van der Waals surface area contributed by atoms with Crippen LogP contribution in [0.4, 0.5) is 8.78 Å². The van der Waals surface area contributed by atoms with E-state index in [0.717, 1.165) is 37.5 Å². The van der Waals surface area contributed by atoms with Gasteiger partial charge in [-0.05, 0) is 75.1 Å². The molecule has 1 unspecified atom stereocenters. The lowest BCUT2D eigenvalue weighted by molar-refractivity contribution is 0.0649. The van der Waals surface area contributed by atoms with Crippen LogP contribution in [0.3, 0.4) is 0 Å². The maximum Gasteiger partial charge on any atom is 0.253 e. The number of piperidine rings is 2. The molecule has 0 spiro atoms. The van der Waals surface area contributed by atoms with Crippen molar-refractivity contribution < 1.29 is 26.8 Å². The Bertz CT molecular complexity index is 1180. The molecule has 0 bridgehead atoms. The number of benzene rings is 2. The zero-order chi connectivity index (χ0) is 24.5. The van der Waals surface area contributed by atoms with E-state index in [9.17, 15) is 26.8 Å². The van der Waals surface area contributed by atoms with Gasteiger partial charge in [-0.25, -0.2) is 17.2 Å². The van der Waals surface area contributed by atoms with Crippen LogP contribution < -0.4 is 0 Å². The van der Waals surface area contributed by atoms with Gasteiger partial charge in [0.25, 0.3) is 5.91 Å². The summed E-state index contributed by atoms with van der Waals surface area (Å²) < 4.78 is 54.9. The Balaban J connectivity index is 1.40. The van der Waals surface area contributed by atoms with E-state index in [2.05, 4.69) is 0 Å². The van der Waals surface area contributed by atoms with E-state index in [1.54, 1.807) is 4.90 Å². The van der Waals surface area contributed by atoms with Gasteiger partial charge in [0.2, 0.25) is 10.0 Å². The Kier molecular flexibility index (Phi) is 7.14. The van der Waals surface area contributed by atoms with Crippen LogP contribution in [0.1, 0.15) is 59.7 Å². The molecule has 0 N–H and O–H groups in total. The van der Waals surface area contributed by atoms with Crippen molar-refractivity contribution in [3.05, 3.63) is 65.2 Å². The molecule has 0 saturated carbocycles. The molecule has 4 rings (SSSR count). The molecule has 9 heteroatoms. The minimum atomic E-state index is -3.61. The molecule has 2 aliphatic heterocycles. The predicted octanol–water partition coefficient (Wildman–Crippen LogP) is 4.26. The smallest absolute Gasteiger partial charge is 0.253 e. The van der Waals surface area contributed by atoms with E-state index in [1.165, 1.54) is 28.6 Å². The van der Waals surface area contributed by atoms with Crippen LogP contribution in [0.5, 0.6) is 0 Å². The van der Waals surface area contributed by atoms with Crippen molar-refractivity contribution in [3.8, 4) is 0 Å². The van der Waals surface area contributed by atoms with Gasteiger partial charge in [0, 0.05) is 37.2 Å². The average Bonchev–Trinajstić information content (AvgIpc) is 2.85. The number of likely N-dealkylation sites (tertiary alicyclic amines) is 1. The molecule has 2 aliphatic rings. The fraction of sp³-hybridized carbons (Fsp3) is 0.440. The number of nitrogens with zero attached hydrogens (tertiary/aromatic N) is 2. The summed E-state index contributed by atoms with van der Waals surface area (Å²) in [6, 6.07) is 8.74. The highest BCUT2D eigenvalue weighted by Crippen LogP contribution is 2.27. The van der Waals surface area contributed by atoms with Crippen molar-refractivity contribution >= 4 is 21.7 Å². The zero-order valence-electron chi connectivity index (χ0n) is 19.0. The molecule has 2 aromatic rings. The van der Waals surface area contributed by atoms with Crippen LogP contribution in [-0.4, -0.2) is 55.0 Å². The normalized spacial score (nSPS) is 20.3. The Morgan fingerprint density at radius 3 is 2.24 bits per heavy atom. The maximum atomic E-state index is 14.0. The molecule has 6 nitrogen and oxygen atoms in total. The highest BCUT2D eigenvalue weighted by atomic mass is 32.2. The predicted molar refractivity (Wildman–Crippen MR) is 123 cm³/mol. The molecule has 2 saturated heterocycles. The van der Waals surface area contributed by atoms with Crippen molar-refractivity contribution in [1.82, 2.24) is 9.21 Å². The van der Waals surface area contributed by atoms with Gasteiger partial charge in [-0.15, -0.1) is 0 Å². The first kappa shape index (κ1) is 24.5. The number of hydrogen-bond donors (Lipinski definition) is 0. The first-order chi connectivity index (χ1) is 16.2. The number of Topliss-reactive ketones (excluding diaryl/α,β-unsaturated/α-hetero) is 1. The van der Waals surface area contributed by atoms with E-state index in [-0.39, 0.29) is 22.4 Å². The van der Waals surface area contributed by atoms with Gasteiger partial charge in [-0.1, -0.05) is 6.42 Å². The van der Waals surface area contributed by atoms with Crippen LogP contribution in [0.15, 0.2) is 47.4 Å². The van der Waals surface area contributed by atoms with Crippen molar-refractivity contribution in [2.45, 2.75) is 50.0 Å². The number of halogens is 2. The van der Waals surface area contributed by atoms with Crippen LogP contribution in [0.25, 0.3) is 0 Å². The third kappa shape index (κ3) is 4.90. The van der Waals surface area contributed by atoms with E-state index in [1.807, 2.05) is 6.92 Å². The maximum absolute atomic E-state index is 14.0. The second-order valence-electron chi connectivity index (χ2n) is 9.04. The fourth-order valence-corrected chi connectivity index (χ4v) is 6.47. The first-order valence-electron chi connectivity index (χ1n) is 11.6. The molecule has 0 aromatic heterocycles. The summed E-state index contributed by atoms with van der Waals surface area (Å²) in [7, 11) is -3.61. The SMILES string of the molecule is CC1CCCCN1S(=O)(=O)c1ccc(C(=O)N2CCC(C(=O)c3cc(F)ccc3F)CC2)cc1. The Morgan fingerprint density at radius 2 is 1.59 bits per heavy atom. The number of rotatable bonds is 5. The summed E-state index contributed by atoms with van der Waals surface area (Å²) in [5.74, 6) is -2.61. The molecule has 0 radical (unpaired) electrons. The topological polar surface area (TPSA) is 74.8 Å². The summed E-state index contributed by atoms with van der Waals surface area (Å²) in [6.07, 6.45) is 3.38. The van der Waals surface area contributed by atoms with Crippen molar-refractivity contribution in [2.75, 3.05) is 19.6 Å². The lowest BCUT2D eigenvalue weighted by Gasteiger charge is -2.32. The third-order valence-electron chi connectivity index (χ3n) is 6.80. The quantitative estimate of drug-likeness (QED) is 0.587. The lowest BCUT2D eigenvalue weighted by Crippen LogP contribution is -2.42. The second kappa shape index (κ2) is 9.92.